The van der Waals surface area contributed by atoms with Crippen LogP contribution in [-0.4, -0.2) is 9.55 Å². The van der Waals surface area contributed by atoms with Gasteiger partial charge in [0.25, 0.3) is 0 Å². The number of aromatic nitrogens is 2. The van der Waals surface area contributed by atoms with E-state index < -0.39 is 0 Å². The third-order valence-corrected chi connectivity index (χ3v) is 1.57. The van der Waals surface area contributed by atoms with E-state index in [0.717, 1.165) is 5.82 Å². The smallest absolute Gasteiger partial charge is 0.214 e. The molecule has 0 amide bonds. The molecule has 0 saturated carbocycles. The van der Waals surface area contributed by atoms with Gasteiger partial charge >= 0.3 is 0 Å². The highest BCUT2D eigenvalue weighted by Crippen LogP contribution is 2.17. The van der Waals surface area contributed by atoms with Gasteiger partial charge in [-0.15, -0.1) is 0 Å². The molecule has 1 rings (SSSR count). The molecule has 0 unspecified atom stereocenters. The van der Waals surface area contributed by atoms with Gasteiger partial charge < -0.3 is 0 Å². The van der Waals surface area contributed by atoms with E-state index >= 15 is 0 Å². The Hall–Kier alpha value is -0.860. The van der Waals surface area contributed by atoms with Crippen LogP contribution in [0.3, 0.4) is 0 Å². The summed E-state index contributed by atoms with van der Waals surface area (Å²) in [6, 6.07) is 0. The van der Waals surface area contributed by atoms with Crippen molar-refractivity contribution in [2.75, 3.05) is 0 Å². The standard InChI is InChI=1S/C8H13FN2/c1-6-10-5-7(9)11(6)8(2,3)4/h5H,1-4H3. The lowest BCUT2D eigenvalue weighted by Gasteiger charge is -2.22. The Kier molecular flexibility index (Phi) is 1.74. The number of hydrogen-bond acceptors (Lipinski definition) is 1. The summed E-state index contributed by atoms with van der Waals surface area (Å²) in [5.74, 6) is 0.449. The summed E-state index contributed by atoms with van der Waals surface area (Å²) in [6.07, 6.45) is 1.25. The fraction of sp³-hybridized carbons (Fsp3) is 0.625. The predicted octanol–water partition coefficient (Wildman–Crippen LogP) is 2.09. The first kappa shape index (κ1) is 8.24. The van der Waals surface area contributed by atoms with E-state index in [4.69, 9.17) is 0 Å². The van der Waals surface area contributed by atoms with Crippen molar-refractivity contribution >= 4 is 0 Å². The Labute approximate surface area is 66.1 Å². The fourth-order valence-corrected chi connectivity index (χ4v) is 1.22. The zero-order chi connectivity index (χ0) is 8.65. The molecule has 11 heavy (non-hydrogen) atoms. The minimum Gasteiger partial charge on any atom is -0.300 e. The van der Waals surface area contributed by atoms with E-state index in [0.29, 0.717) is 0 Å². The molecule has 0 aliphatic heterocycles. The van der Waals surface area contributed by atoms with Crippen LogP contribution in [0.1, 0.15) is 26.6 Å². The van der Waals surface area contributed by atoms with Crippen LogP contribution in [0.25, 0.3) is 0 Å². The number of nitrogens with zero attached hydrogens (tertiary/aromatic N) is 2. The molecule has 1 aromatic heterocycles. The van der Waals surface area contributed by atoms with E-state index in [9.17, 15) is 4.39 Å². The summed E-state index contributed by atoms with van der Waals surface area (Å²) in [4.78, 5) is 3.87. The molecule has 0 bridgehead atoms. The largest absolute Gasteiger partial charge is 0.300 e. The van der Waals surface area contributed by atoms with E-state index in [1.807, 2.05) is 20.8 Å². The topological polar surface area (TPSA) is 17.8 Å². The molecule has 3 heteroatoms. The minimum atomic E-state index is -0.269. The van der Waals surface area contributed by atoms with Crippen molar-refractivity contribution in [3.8, 4) is 0 Å². The highest BCUT2D eigenvalue weighted by atomic mass is 19.1. The average Bonchev–Trinajstić information content (AvgIpc) is 2.08. The van der Waals surface area contributed by atoms with Crippen molar-refractivity contribution < 1.29 is 4.39 Å². The molecule has 0 aliphatic carbocycles. The lowest BCUT2D eigenvalue weighted by molar-refractivity contribution is 0.330. The maximum Gasteiger partial charge on any atom is 0.214 e. The van der Waals surface area contributed by atoms with Crippen molar-refractivity contribution in [2.24, 2.45) is 0 Å². The highest BCUT2D eigenvalue weighted by molar-refractivity contribution is 4.96. The Bertz CT molecular complexity index is 238. The van der Waals surface area contributed by atoms with Gasteiger partial charge in [-0.3, -0.25) is 4.57 Å². The third-order valence-electron chi connectivity index (χ3n) is 1.57. The molecule has 0 spiro atoms. The van der Waals surface area contributed by atoms with Gasteiger partial charge in [-0.05, 0) is 27.7 Å². The van der Waals surface area contributed by atoms with Gasteiger partial charge in [0.15, 0.2) is 0 Å². The molecule has 1 aromatic rings. The molecular formula is C8H13FN2. The second kappa shape index (κ2) is 2.32. The van der Waals surface area contributed by atoms with Gasteiger partial charge in [0, 0.05) is 5.54 Å². The summed E-state index contributed by atoms with van der Waals surface area (Å²) in [7, 11) is 0. The van der Waals surface area contributed by atoms with Gasteiger partial charge in [0.2, 0.25) is 5.95 Å². The second-order valence-corrected chi connectivity index (χ2v) is 3.63. The maximum atomic E-state index is 13.0. The van der Waals surface area contributed by atoms with Gasteiger partial charge in [-0.1, -0.05) is 0 Å². The maximum absolute atomic E-state index is 13.0. The normalized spacial score (nSPS) is 12.1. The van der Waals surface area contributed by atoms with Crippen molar-refractivity contribution in [1.82, 2.24) is 9.55 Å². The Morgan fingerprint density at radius 2 is 2.00 bits per heavy atom. The SMILES string of the molecule is Cc1ncc(F)n1C(C)(C)C. The molecule has 62 valence electrons. The number of imidazole rings is 1. The zero-order valence-electron chi connectivity index (χ0n) is 7.35. The van der Waals surface area contributed by atoms with Gasteiger partial charge in [0.1, 0.15) is 5.82 Å². The lowest BCUT2D eigenvalue weighted by Crippen LogP contribution is -2.24. The Morgan fingerprint density at radius 1 is 1.45 bits per heavy atom. The molecule has 1 heterocycles. The van der Waals surface area contributed by atoms with Crippen molar-refractivity contribution in [1.29, 1.82) is 0 Å². The fourth-order valence-electron chi connectivity index (χ4n) is 1.22. The molecule has 0 atom stereocenters. The zero-order valence-corrected chi connectivity index (χ0v) is 7.35. The predicted molar refractivity (Wildman–Crippen MR) is 41.9 cm³/mol. The first-order valence-electron chi connectivity index (χ1n) is 3.63. The Morgan fingerprint density at radius 3 is 2.18 bits per heavy atom. The van der Waals surface area contributed by atoms with Crippen LogP contribution in [0.5, 0.6) is 0 Å². The summed E-state index contributed by atoms with van der Waals surface area (Å²) >= 11 is 0. The van der Waals surface area contributed by atoms with E-state index in [1.54, 1.807) is 11.5 Å². The summed E-state index contributed by atoms with van der Waals surface area (Å²) in [5.41, 5.74) is -0.218. The highest BCUT2D eigenvalue weighted by Gasteiger charge is 2.18. The second-order valence-electron chi connectivity index (χ2n) is 3.63. The molecule has 0 fully saturated rings. The summed E-state index contributed by atoms with van der Waals surface area (Å²) in [5, 5.41) is 0. The quantitative estimate of drug-likeness (QED) is 0.562. The monoisotopic (exact) mass is 156 g/mol. The minimum absolute atomic E-state index is 0.218. The average molecular weight is 156 g/mol. The summed E-state index contributed by atoms with van der Waals surface area (Å²) in [6.45, 7) is 7.65. The van der Waals surface area contributed by atoms with Crippen LogP contribution in [0.2, 0.25) is 0 Å². The number of halogens is 1. The first-order valence-corrected chi connectivity index (χ1v) is 3.63. The number of aryl methyl sites for hydroxylation is 1. The molecule has 2 nitrogen and oxygen atoms in total. The van der Waals surface area contributed by atoms with Gasteiger partial charge in [0.05, 0.1) is 6.20 Å². The number of hydrogen-bond donors (Lipinski definition) is 0. The van der Waals surface area contributed by atoms with Crippen LogP contribution in [0, 0.1) is 12.9 Å². The molecule has 0 N–H and O–H groups in total. The lowest BCUT2D eigenvalue weighted by atomic mass is 10.1. The summed E-state index contributed by atoms with van der Waals surface area (Å²) < 4.78 is 14.6. The molecular weight excluding hydrogens is 143 g/mol. The van der Waals surface area contributed by atoms with Crippen LogP contribution in [0.15, 0.2) is 6.20 Å². The molecule has 0 radical (unpaired) electrons. The van der Waals surface area contributed by atoms with Gasteiger partial charge in [-0.2, -0.15) is 4.39 Å². The van der Waals surface area contributed by atoms with Crippen molar-refractivity contribution in [2.45, 2.75) is 33.2 Å². The van der Waals surface area contributed by atoms with E-state index in [1.165, 1.54) is 6.20 Å². The van der Waals surface area contributed by atoms with Gasteiger partial charge in [-0.25, -0.2) is 4.98 Å². The third kappa shape index (κ3) is 1.42. The number of rotatable bonds is 0. The Balaban J connectivity index is 3.21. The molecule has 0 aliphatic rings. The van der Waals surface area contributed by atoms with Crippen LogP contribution in [-0.2, 0) is 5.54 Å². The molecule has 0 aromatic carbocycles. The van der Waals surface area contributed by atoms with Crippen LogP contribution in [0.4, 0.5) is 4.39 Å². The van der Waals surface area contributed by atoms with Crippen LogP contribution < -0.4 is 0 Å². The van der Waals surface area contributed by atoms with E-state index in [-0.39, 0.29) is 11.5 Å². The first-order chi connectivity index (χ1) is 4.93. The van der Waals surface area contributed by atoms with Crippen molar-refractivity contribution in [3.05, 3.63) is 18.0 Å². The van der Waals surface area contributed by atoms with Crippen molar-refractivity contribution in [3.63, 3.8) is 0 Å². The molecule has 0 saturated heterocycles. The van der Waals surface area contributed by atoms with Crippen LogP contribution >= 0.6 is 0 Å². The van der Waals surface area contributed by atoms with E-state index in [2.05, 4.69) is 4.98 Å².